The van der Waals surface area contributed by atoms with Crippen LogP contribution in [0.2, 0.25) is 15.2 Å². The van der Waals surface area contributed by atoms with Gasteiger partial charge < -0.3 is 0 Å². The Morgan fingerprint density at radius 3 is 1.70 bits per heavy atom. The molecule has 0 N–H and O–H groups in total. The maximum Gasteiger partial charge on any atom is 0.220 e. The number of benzene rings is 2. The van der Waals surface area contributed by atoms with Crippen molar-refractivity contribution >= 4 is 69.9 Å². The van der Waals surface area contributed by atoms with E-state index in [4.69, 9.17) is 34.8 Å². The first-order valence-electron chi connectivity index (χ1n) is 8.71. The van der Waals surface area contributed by atoms with E-state index in [1.807, 2.05) is 12.1 Å². The number of carbonyl (C=O) groups excluding carboxylic acids is 2. The van der Waals surface area contributed by atoms with E-state index in [0.29, 0.717) is 31.0 Å². The number of aromatic nitrogens is 1. The molecule has 0 spiro atoms. The van der Waals surface area contributed by atoms with Gasteiger partial charge in [0.15, 0.2) is 0 Å². The van der Waals surface area contributed by atoms with E-state index < -0.39 is 0 Å². The number of fused-ring (bicyclic) bond motifs is 1. The van der Waals surface area contributed by atoms with Crippen molar-refractivity contribution in [2.24, 2.45) is 0 Å². The molecule has 0 saturated carbocycles. The summed E-state index contributed by atoms with van der Waals surface area (Å²) in [6, 6.07) is 15.8. The highest BCUT2D eigenvalue weighted by atomic mass is 35.5. The fourth-order valence-corrected chi connectivity index (χ4v) is 5.46. The van der Waals surface area contributed by atoms with Gasteiger partial charge >= 0.3 is 0 Å². The number of carbonyl (C=O) groups is 2. The summed E-state index contributed by atoms with van der Waals surface area (Å²) >= 11 is 20.5. The van der Waals surface area contributed by atoms with Crippen molar-refractivity contribution in [1.29, 1.82) is 0 Å². The highest BCUT2D eigenvalue weighted by molar-refractivity contribution is 8.08. The van der Waals surface area contributed by atoms with Crippen LogP contribution in [0.4, 0.5) is 0 Å². The summed E-state index contributed by atoms with van der Waals surface area (Å²) in [5.41, 5.74) is 0.997. The zero-order valence-corrected chi connectivity index (χ0v) is 19.3. The molecule has 2 aromatic carbocycles. The molecule has 1 aliphatic carbocycles. The van der Waals surface area contributed by atoms with E-state index in [2.05, 4.69) is 4.98 Å². The number of thioether (sulfide) groups is 2. The van der Waals surface area contributed by atoms with Gasteiger partial charge in [0.05, 0.1) is 15.4 Å². The first-order chi connectivity index (χ1) is 14.3. The van der Waals surface area contributed by atoms with Gasteiger partial charge in [-0.2, -0.15) is 0 Å². The van der Waals surface area contributed by atoms with Crippen LogP contribution in [0.15, 0.2) is 74.2 Å². The highest BCUT2D eigenvalue weighted by Crippen LogP contribution is 2.44. The molecule has 0 aliphatic heterocycles. The van der Waals surface area contributed by atoms with Crippen LogP contribution in [0.3, 0.4) is 0 Å². The third kappa shape index (κ3) is 4.32. The molecule has 0 radical (unpaired) electrons. The molecule has 150 valence electrons. The second kappa shape index (κ2) is 8.77. The lowest BCUT2D eigenvalue weighted by Gasteiger charge is -2.21. The maximum absolute atomic E-state index is 13.4. The van der Waals surface area contributed by atoms with Crippen molar-refractivity contribution in [3.05, 3.63) is 96.4 Å². The van der Waals surface area contributed by atoms with E-state index >= 15 is 0 Å². The van der Waals surface area contributed by atoms with Crippen LogP contribution in [-0.2, 0) is 0 Å². The minimum Gasteiger partial charge on any atom is -0.288 e. The average molecular weight is 493 g/mol. The zero-order valence-electron chi connectivity index (χ0n) is 15.4. The van der Waals surface area contributed by atoms with E-state index in [1.165, 1.54) is 23.5 Å². The van der Waals surface area contributed by atoms with Gasteiger partial charge in [0.25, 0.3) is 0 Å². The third-order valence-electron chi connectivity index (χ3n) is 4.31. The number of rotatable bonds is 4. The van der Waals surface area contributed by atoms with Crippen LogP contribution in [-0.4, -0.2) is 16.6 Å². The van der Waals surface area contributed by atoms with Crippen LogP contribution >= 0.6 is 58.3 Å². The number of ketones is 2. The van der Waals surface area contributed by atoms with Gasteiger partial charge in [-0.15, -0.1) is 0 Å². The Morgan fingerprint density at radius 2 is 1.20 bits per heavy atom. The van der Waals surface area contributed by atoms with Crippen molar-refractivity contribution < 1.29 is 9.59 Å². The van der Waals surface area contributed by atoms with Crippen molar-refractivity contribution in [3.63, 3.8) is 0 Å². The average Bonchev–Trinajstić information content (AvgIpc) is 2.71. The fourth-order valence-electron chi connectivity index (χ4n) is 2.94. The molecule has 1 heterocycles. The van der Waals surface area contributed by atoms with Crippen LogP contribution < -0.4 is 0 Å². The normalized spacial score (nSPS) is 13.6. The third-order valence-corrected chi connectivity index (χ3v) is 7.34. The molecule has 4 rings (SSSR count). The molecule has 8 heteroatoms. The standard InChI is InChI=1S/C22H12Cl3NO2S2/c1-11-10-16(25)26-18-17(11)19(27)21(29-14-6-2-12(23)3-7-14)22(20(18)28)30-15-8-4-13(24)5-9-15/h2-10H,1H3. The lowest BCUT2D eigenvalue weighted by atomic mass is 9.95. The SMILES string of the molecule is Cc1cc(Cl)nc2c1C(=O)C(Sc1ccc(Cl)cc1)=C(Sc1ccc(Cl)cc1)C2=O. The molecule has 3 nitrogen and oxygen atoms in total. The smallest absolute Gasteiger partial charge is 0.220 e. The molecule has 0 unspecified atom stereocenters. The number of hydrogen-bond acceptors (Lipinski definition) is 5. The number of halogens is 3. The quantitative estimate of drug-likeness (QED) is 0.352. The predicted octanol–water partition coefficient (Wildman–Crippen LogP) is 7.53. The number of nitrogens with zero attached hydrogens (tertiary/aromatic N) is 1. The van der Waals surface area contributed by atoms with Crippen LogP contribution in [0.1, 0.15) is 26.4 Å². The van der Waals surface area contributed by atoms with Gasteiger partial charge in [-0.1, -0.05) is 58.3 Å². The number of aryl methyl sites for hydroxylation is 1. The minimum absolute atomic E-state index is 0.0851. The maximum atomic E-state index is 13.4. The van der Waals surface area contributed by atoms with Gasteiger partial charge in [0, 0.05) is 19.8 Å². The first kappa shape index (κ1) is 21.5. The van der Waals surface area contributed by atoms with Crippen molar-refractivity contribution in [2.45, 2.75) is 16.7 Å². The number of hydrogen-bond donors (Lipinski definition) is 0. The summed E-state index contributed by atoms with van der Waals surface area (Å²) in [5, 5.41) is 1.36. The van der Waals surface area contributed by atoms with Crippen LogP contribution in [0.25, 0.3) is 0 Å². The molecule has 0 saturated heterocycles. The second-order valence-electron chi connectivity index (χ2n) is 6.41. The monoisotopic (exact) mass is 491 g/mol. The van der Waals surface area contributed by atoms with Crippen molar-refractivity contribution in [3.8, 4) is 0 Å². The molecule has 0 atom stereocenters. The topological polar surface area (TPSA) is 47.0 Å². The van der Waals surface area contributed by atoms with Gasteiger partial charge in [-0.3, -0.25) is 9.59 Å². The molecule has 1 aromatic heterocycles. The number of pyridine rings is 1. The molecular formula is C22H12Cl3NO2S2. The lowest BCUT2D eigenvalue weighted by Crippen LogP contribution is -2.22. The van der Waals surface area contributed by atoms with Gasteiger partial charge in [0.2, 0.25) is 11.6 Å². The molecule has 0 amide bonds. The zero-order chi connectivity index (χ0) is 21.4. The summed E-state index contributed by atoms with van der Waals surface area (Å²) < 4.78 is 0. The van der Waals surface area contributed by atoms with Crippen LogP contribution in [0, 0.1) is 6.92 Å². The molecule has 30 heavy (non-hydrogen) atoms. The summed E-state index contributed by atoms with van der Waals surface area (Å²) in [6.07, 6.45) is 0. The number of allylic oxidation sites excluding steroid dienone is 2. The Balaban J connectivity index is 1.85. The molecule has 0 bridgehead atoms. The molecule has 3 aromatic rings. The lowest BCUT2D eigenvalue weighted by molar-refractivity contribution is 0.0984. The summed E-state index contributed by atoms with van der Waals surface area (Å²) in [4.78, 5) is 33.2. The summed E-state index contributed by atoms with van der Waals surface area (Å²) in [7, 11) is 0. The van der Waals surface area contributed by atoms with Crippen LogP contribution in [0.5, 0.6) is 0 Å². The summed E-state index contributed by atoms with van der Waals surface area (Å²) in [6.45, 7) is 1.75. The fraction of sp³-hybridized carbons (Fsp3) is 0.0455. The largest absolute Gasteiger partial charge is 0.288 e. The van der Waals surface area contributed by atoms with Gasteiger partial charge in [-0.25, -0.2) is 4.98 Å². The Bertz CT molecular complexity index is 1210. The van der Waals surface area contributed by atoms with E-state index in [0.717, 1.165) is 9.79 Å². The summed E-state index contributed by atoms with van der Waals surface area (Å²) in [5.74, 6) is -0.575. The Kier molecular flexibility index (Phi) is 6.28. The molecule has 0 fully saturated rings. The van der Waals surface area contributed by atoms with Crippen molar-refractivity contribution in [2.75, 3.05) is 0 Å². The predicted molar refractivity (Wildman–Crippen MR) is 124 cm³/mol. The number of Topliss-reactive ketones (excluding diaryl/α,β-unsaturated/α-hetero) is 2. The Labute approximate surface area is 196 Å². The van der Waals surface area contributed by atoms with E-state index in [1.54, 1.807) is 49.4 Å². The van der Waals surface area contributed by atoms with E-state index in [-0.39, 0.29) is 22.4 Å². The minimum atomic E-state index is -0.327. The molecule has 1 aliphatic rings. The van der Waals surface area contributed by atoms with Crippen molar-refractivity contribution in [1.82, 2.24) is 4.98 Å². The first-order valence-corrected chi connectivity index (χ1v) is 11.5. The van der Waals surface area contributed by atoms with Gasteiger partial charge in [-0.05, 0) is 67.1 Å². The highest BCUT2D eigenvalue weighted by Gasteiger charge is 2.36. The Morgan fingerprint density at radius 1 is 0.733 bits per heavy atom. The second-order valence-corrected chi connectivity index (χ2v) is 9.84. The van der Waals surface area contributed by atoms with E-state index in [9.17, 15) is 9.59 Å². The van der Waals surface area contributed by atoms with Gasteiger partial charge in [0.1, 0.15) is 10.8 Å². The molecular weight excluding hydrogens is 481 g/mol. The Hall–Kier alpha value is -1.76.